The lowest BCUT2D eigenvalue weighted by molar-refractivity contribution is -0.0637. The lowest BCUT2D eigenvalue weighted by atomic mass is 10.2. The summed E-state index contributed by atoms with van der Waals surface area (Å²) in [6.07, 6.45) is -0.447. The van der Waals surface area contributed by atoms with Gasteiger partial charge in [0.2, 0.25) is 0 Å². The predicted molar refractivity (Wildman–Crippen MR) is 95.2 cm³/mol. The van der Waals surface area contributed by atoms with Crippen LogP contribution in [-0.4, -0.2) is 54.7 Å². The van der Waals surface area contributed by atoms with Crippen LogP contribution in [0.25, 0.3) is 0 Å². The lowest BCUT2D eigenvalue weighted by Crippen LogP contribution is -2.51. The van der Waals surface area contributed by atoms with Crippen LogP contribution >= 0.6 is 0 Å². The Morgan fingerprint density at radius 2 is 2.00 bits per heavy atom. The fraction of sp³-hybridized carbons (Fsp3) is 0.579. The number of amides is 1. The number of ether oxygens (including phenoxy) is 4. The molecule has 1 heterocycles. The molecule has 1 fully saturated rings. The van der Waals surface area contributed by atoms with Crippen LogP contribution in [0.2, 0.25) is 0 Å². The summed E-state index contributed by atoms with van der Waals surface area (Å²) in [5.41, 5.74) is -0.989. The second-order valence-corrected chi connectivity index (χ2v) is 7.59. The van der Waals surface area contributed by atoms with E-state index >= 15 is 0 Å². The van der Waals surface area contributed by atoms with Crippen molar-refractivity contribution in [1.29, 1.82) is 0 Å². The highest BCUT2D eigenvalue weighted by Crippen LogP contribution is 2.30. The van der Waals surface area contributed by atoms with E-state index in [1.165, 1.54) is 7.11 Å². The monoisotopic (exact) mass is 365 g/mol. The van der Waals surface area contributed by atoms with E-state index in [2.05, 4.69) is 0 Å². The number of hydrogen-bond acceptors (Lipinski definition) is 6. The number of carbonyl (C=O) groups is 2. The third kappa shape index (κ3) is 4.88. The van der Waals surface area contributed by atoms with Gasteiger partial charge in [-0.3, -0.25) is 4.90 Å². The Hall–Kier alpha value is -2.28. The van der Waals surface area contributed by atoms with Crippen molar-refractivity contribution < 1.29 is 28.5 Å². The molecule has 0 radical (unpaired) electrons. The van der Waals surface area contributed by atoms with Crippen LogP contribution < -0.4 is 4.74 Å². The lowest BCUT2D eigenvalue weighted by Gasteiger charge is -2.35. The van der Waals surface area contributed by atoms with Crippen LogP contribution in [0.1, 0.15) is 45.0 Å². The van der Waals surface area contributed by atoms with Crippen molar-refractivity contribution >= 4 is 12.1 Å². The second kappa shape index (κ2) is 7.53. The minimum Gasteiger partial charge on any atom is -0.491 e. The molecule has 7 nitrogen and oxygen atoms in total. The fourth-order valence-corrected chi connectivity index (χ4v) is 2.71. The van der Waals surface area contributed by atoms with E-state index < -0.39 is 23.4 Å². The van der Waals surface area contributed by atoms with Gasteiger partial charge in [0.15, 0.2) is 0 Å². The maximum atomic E-state index is 12.6. The molecule has 1 saturated heterocycles. The van der Waals surface area contributed by atoms with E-state index in [1.54, 1.807) is 29.2 Å². The molecule has 1 aromatic rings. The maximum Gasteiger partial charge on any atom is 0.413 e. The number of esters is 1. The molecule has 1 aliphatic rings. The Morgan fingerprint density at radius 1 is 1.31 bits per heavy atom. The molecular formula is C19H27NO6. The summed E-state index contributed by atoms with van der Waals surface area (Å²) >= 11 is 0. The molecule has 0 saturated carbocycles. The molecule has 1 atom stereocenters. The summed E-state index contributed by atoms with van der Waals surface area (Å²) in [7, 11) is 1.33. The summed E-state index contributed by atoms with van der Waals surface area (Å²) in [4.78, 5) is 25.8. The molecule has 1 amide bonds. The number of carbonyl (C=O) groups excluding carboxylic acids is 2. The minimum absolute atomic E-state index is 0.216. The summed E-state index contributed by atoms with van der Waals surface area (Å²) in [5, 5.41) is 0. The Bertz CT molecular complexity index is 664. The minimum atomic E-state index is -0.787. The smallest absolute Gasteiger partial charge is 0.413 e. The topological polar surface area (TPSA) is 74.3 Å². The average Bonchev–Trinajstić information content (AvgIpc) is 2.85. The SMILES string of the molecule is COC(=O)c1cccc(OC[C@@H]2COC(C)(C)N2C(=O)OC(C)(C)C)c1. The number of benzene rings is 1. The van der Waals surface area contributed by atoms with Crippen LogP contribution in [0.3, 0.4) is 0 Å². The van der Waals surface area contributed by atoms with E-state index in [4.69, 9.17) is 18.9 Å². The van der Waals surface area contributed by atoms with Gasteiger partial charge in [0.05, 0.1) is 25.3 Å². The van der Waals surface area contributed by atoms with Crippen molar-refractivity contribution in [2.45, 2.75) is 52.0 Å². The van der Waals surface area contributed by atoms with E-state index in [-0.39, 0.29) is 12.6 Å². The highest BCUT2D eigenvalue weighted by Gasteiger charge is 2.46. The highest BCUT2D eigenvalue weighted by molar-refractivity contribution is 5.89. The zero-order chi connectivity index (χ0) is 19.5. The predicted octanol–water partition coefficient (Wildman–Crippen LogP) is 3.22. The highest BCUT2D eigenvalue weighted by atomic mass is 16.6. The first-order valence-electron chi connectivity index (χ1n) is 8.51. The van der Waals surface area contributed by atoms with Crippen molar-refractivity contribution in [2.75, 3.05) is 20.3 Å². The molecule has 7 heteroatoms. The van der Waals surface area contributed by atoms with Crippen LogP contribution in [-0.2, 0) is 14.2 Å². The zero-order valence-electron chi connectivity index (χ0n) is 16.2. The van der Waals surface area contributed by atoms with Gasteiger partial charge in [-0.05, 0) is 52.8 Å². The number of nitrogens with zero attached hydrogens (tertiary/aromatic N) is 1. The molecule has 0 aliphatic carbocycles. The zero-order valence-corrected chi connectivity index (χ0v) is 16.2. The number of rotatable bonds is 4. The van der Waals surface area contributed by atoms with Gasteiger partial charge in [-0.15, -0.1) is 0 Å². The van der Waals surface area contributed by atoms with Gasteiger partial charge in [0, 0.05) is 0 Å². The second-order valence-electron chi connectivity index (χ2n) is 7.59. The van der Waals surface area contributed by atoms with Gasteiger partial charge in [-0.1, -0.05) is 6.07 Å². The van der Waals surface area contributed by atoms with Crippen molar-refractivity contribution in [3.63, 3.8) is 0 Å². The van der Waals surface area contributed by atoms with Crippen LogP contribution in [0.5, 0.6) is 5.75 Å². The van der Waals surface area contributed by atoms with E-state index in [1.807, 2.05) is 34.6 Å². The van der Waals surface area contributed by atoms with E-state index in [0.717, 1.165) is 0 Å². The first kappa shape index (κ1) is 20.0. The Labute approximate surface area is 154 Å². The quantitative estimate of drug-likeness (QED) is 0.763. The third-order valence-electron chi connectivity index (χ3n) is 3.86. The van der Waals surface area contributed by atoms with Gasteiger partial charge in [-0.25, -0.2) is 9.59 Å². The molecule has 0 aromatic heterocycles. The van der Waals surface area contributed by atoms with Crippen LogP contribution in [0.15, 0.2) is 24.3 Å². The molecule has 26 heavy (non-hydrogen) atoms. The first-order chi connectivity index (χ1) is 12.0. The largest absolute Gasteiger partial charge is 0.491 e. The van der Waals surface area contributed by atoms with Gasteiger partial charge < -0.3 is 18.9 Å². The molecule has 2 rings (SSSR count). The van der Waals surface area contributed by atoms with Crippen molar-refractivity contribution in [3.05, 3.63) is 29.8 Å². The maximum absolute atomic E-state index is 12.6. The Balaban J connectivity index is 2.08. The summed E-state index contributed by atoms with van der Waals surface area (Å²) in [6, 6.07) is 6.40. The third-order valence-corrected chi connectivity index (χ3v) is 3.86. The van der Waals surface area contributed by atoms with Crippen molar-refractivity contribution in [1.82, 2.24) is 4.90 Å². The number of methoxy groups -OCH3 is 1. The fourth-order valence-electron chi connectivity index (χ4n) is 2.71. The summed E-state index contributed by atoms with van der Waals surface area (Å²) < 4.78 is 21.7. The van der Waals surface area contributed by atoms with Crippen LogP contribution in [0.4, 0.5) is 4.79 Å². The molecule has 0 bridgehead atoms. The standard InChI is InChI=1S/C19H27NO6/c1-18(2,3)26-17(22)20-14(12-25-19(20,4)5)11-24-15-9-7-8-13(10-15)16(21)23-6/h7-10,14H,11-12H2,1-6H3/t14-/m1/s1. The Kier molecular flexibility index (Phi) is 5.81. The van der Waals surface area contributed by atoms with E-state index in [9.17, 15) is 9.59 Å². The van der Waals surface area contributed by atoms with Gasteiger partial charge >= 0.3 is 12.1 Å². The normalized spacial score (nSPS) is 19.2. The van der Waals surface area contributed by atoms with Crippen molar-refractivity contribution in [3.8, 4) is 5.75 Å². The summed E-state index contributed by atoms with van der Waals surface area (Å²) in [5.74, 6) is 0.0814. The van der Waals surface area contributed by atoms with Gasteiger partial charge in [-0.2, -0.15) is 0 Å². The van der Waals surface area contributed by atoms with Gasteiger partial charge in [0.25, 0.3) is 0 Å². The molecular weight excluding hydrogens is 338 g/mol. The molecule has 0 N–H and O–H groups in total. The Morgan fingerprint density at radius 3 is 2.62 bits per heavy atom. The first-order valence-corrected chi connectivity index (χ1v) is 8.51. The summed E-state index contributed by atoms with van der Waals surface area (Å²) in [6.45, 7) is 9.63. The average molecular weight is 365 g/mol. The molecule has 1 aliphatic heterocycles. The van der Waals surface area contributed by atoms with Crippen molar-refractivity contribution in [2.24, 2.45) is 0 Å². The van der Waals surface area contributed by atoms with E-state index in [0.29, 0.717) is 17.9 Å². The molecule has 144 valence electrons. The molecule has 0 spiro atoms. The molecule has 1 aromatic carbocycles. The van der Waals surface area contributed by atoms with Gasteiger partial charge in [0.1, 0.15) is 23.7 Å². The number of hydrogen-bond donors (Lipinski definition) is 0. The molecule has 0 unspecified atom stereocenters. The van der Waals surface area contributed by atoms with Crippen LogP contribution in [0, 0.1) is 0 Å².